The Morgan fingerprint density at radius 3 is 2.39 bits per heavy atom. The van der Waals surface area contributed by atoms with Gasteiger partial charge in [-0.2, -0.15) is 8.78 Å². The molecule has 1 aliphatic rings. The number of likely N-dealkylation sites (tertiary alicyclic amines) is 1. The number of hydrogen-bond acceptors (Lipinski definition) is 4. The van der Waals surface area contributed by atoms with Gasteiger partial charge in [-0.25, -0.2) is 9.18 Å². The van der Waals surface area contributed by atoms with E-state index in [2.05, 4.69) is 4.74 Å². The van der Waals surface area contributed by atoms with Gasteiger partial charge in [-0.15, -0.1) is 0 Å². The predicted molar refractivity (Wildman–Crippen MR) is 75.3 cm³/mol. The summed E-state index contributed by atoms with van der Waals surface area (Å²) < 4.78 is 52.4. The molecular weight excluding hydrogens is 315 g/mol. The van der Waals surface area contributed by atoms with Gasteiger partial charge in [0.15, 0.2) is 0 Å². The Hall–Kier alpha value is -2.12. The number of carbonyl (C=O) groups is 1. The number of alkyl halides is 2. The molecule has 0 unspecified atom stereocenters. The predicted octanol–water partition coefficient (Wildman–Crippen LogP) is 3.43. The molecule has 128 valence electrons. The van der Waals surface area contributed by atoms with E-state index in [1.54, 1.807) is 20.8 Å². The number of amides is 1. The molecule has 23 heavy (non-hydrogen) atoms. The van der Waals surface area contributed by atoms with Gasteiger partial charge in [-0.05, 0) is 20.8 Å². The second-order valence-electron chi connectivity index (χ2n) is 6.13. The van der Waals surface area contributed by atoms with Gasteiger partial charge in [0.25, 0.3) is 0 Å². The fourth-order valence-corrected chi connectivity index (χ4v) is 1.96. The normalized spacial score (nSPS) is 15.3. The van der Waals surface area contributed by atoms with Crippen molar-refractivity contribution in [1.82, 2.24) is 4.90 Å². The molecule has 0 saturated carbocycles. The third-order valence-corrected chi connectivity index (χ3v) is 2.87. The molecule has 0 aromatic heterocycles. The van der Waals surface area contributed by atoms with Crippen molar-refractivity contribution in [2.24, 2.45) is 0 Å². The van der Waals surface area contributed by atoms with Crippen LogP contribution < -0.4 is 9.47 Å². The van der Waals surface area contributed by atoms with Gasteiger partial charge in [-0.1, -0.05) is 0 Å². The van der Waals surface area contributed by atoms with Crippen LogP contribution in [-0.2, 0) is 4.74 Å². The second-order valence-corrected chi connectivity index (χ2v) is 6.13. The molecule has 2 rings (SSSR count). The topological polar surface area (TPSA) is 48.0 Å². The molecule has 1 aromatic rings. The smallest absolute Gasteiger partial charge is 0.410 e. The van der Waals surface area contributed by atoms with Gasteiger partial charge >= 0.3 is 12.7 Å². The molecule has 0 atom stereocenters. The van der Waals surface area contributed by atoms with Crippen molar-refractivity contribution < 1.29 is 32.2 Å². The highest BCUT2D eigenvalue weighted by molar-refractivity contribution is 5.69. The van der Waals surface area contributed by atoms with Crippen LogP contribution in [0.4, 0.5) is 18.0 Å². The Morgan fingerprint density at radius 1 is 1.22 bits per heavy atom. The summed E-state index contributed by atoms with van der Waals surface area (Å²) in [6.45, 7) is 2.78. The van der Waals surface area contributed by atoms with E-state index in [4.69, 9.17) is 9.47 Å². The molecule has 1 saturated heterocycles. The van der Waals surface area contributed by atoms with Crippen LogP contribution in [0, 0.1) is 5.82 Å². The Kier molecular flexibility index (Phi) is 4.91. The Labute approximate surface area is 131 Å². The average Bonchev–Trinajstić information content (AvgIpc) is 2.29. The van der Waals surface area contributed by atoms with E-state index < -0.39 is 24.1 Å². The molecule has 0 spiro atoms. The van der Waals surface area contributed by atoms with Crippen LogP contribution in [0.25, 0.3) is 0 Å². The van der Waals surface area contributed by atoms with E-state index in [1.807, 2.05) is 0 Å². The third kappa shape index (κ3) is 5.22. The van der Waals surface area contributed by atoms with E-state index in [1.165, 1.54) is 11.0 Å². The second kappa shape index (κ2) is 6.55. The van der Waals surface area contributed by atoms with Crippen molar-refractivity contribution in [3.63, 3.8) is 0 Å². The van der Waals surface area contributed by atoms with Crippen molar-refractivity contribution in [1.29, 1.82) is 0 Å². The first-order valence-corrected chi connectivity index (χ1v) is 7.02. The lowest BCUT2D eigenvalue weighted by Gasteiger charge is -2.39. The van der Waals surface area contributed by atoms with Gasteiger partial charge in [0.1, 0.15) is 29.0 Å². The van der Waals surface area contributed by atoms with Gasteiger partial charge in [-0.3, -0.25) is 0 Å². The highest BCUT2D eigenvalue weighted by Crippen LogP contribution is 2.26. The Bertz CT molecular complexity index is 568. The summed E-state index contributed by atoms with van der Waals surface area (Å²) >= 11 is 0. The van der Waals surface area contributed by atoms with Gasteiger partial charge in [0.2, 0.25) is 0 Å². The zero-order valence-electron chi connectivity index (χ0n) is 13.0. The zero-order chi connectivity index (χ0) is 17.2. The van der Waals surface area contributed by atoms with Crippen molar-refractivity contribution in [3.05, 3.63) is 24.0 Å². The fraction of sp³-hybridized carbons (Fsp3) is 0.533. The lowest BCUT2D eigenvalue weighted by atomic mass is 10.1. The fourth-order valence-electron chi connectivity index (χ4n) is 1.96. The van der Waals surface area contributed by atoms with Gasteiger partial charge in [0.05, 0.1) is 13.1 Å². The maximum absolute atomic E-state index is 13.4. The lowest BCUT2D eigenvalue weighted by Crippen LogP contribution is -2.57. The third-order valence-electron chi connectivity index (χ3n) is 2.87. The molecule has 0 radical (unpaired) electrons. The molecule has 0 bridgehead atoms. The number of carbonyl (C=O) groups excluding carboxylic acids is 1. The van der Waals surface area contributed by atoms with E-state index in [0.29, 0.717) is 0 Å². The molecular formula is C15H18F3NO4. The number of hydrogen-bond donors (Lipinski definition) is 0. The van der Waals surface area contributed by atoms with Crippen LogP contribution in [0.15, 0.2) is 18.2 Å². The molecule has 1 fully saturated rings. The van der Waals surface area contributed by atoms with E-state index in [-0.39, 0.29) is 30.7 Å². The van der Waals surface area contributed by atoms with Crippen LogP contribution in [-0.4, -0.2) is 42.4 Å². The minimum absolute atomic E-state index is 0.0643. The molecule has 8 heteroatoms. The summed E-state index contributed by atoms with van der Waals surface area (Å²) in [5.74, 6) is -1.01. The van der Waals surface area contributed by atoms with E-state index in [0.717, 1.165) is 12.1 Å². The van der Waals surface area contributed by atoms with Crippen molar-refractivity contribution in [2.45, 2.75) is 39.1 Å². The summed E-state index contributed by atoms with van der Waals surface area (Å²) in [5.41, 5.74) is -0.590. The van der Waals surface area contributed by atoms with Crippen molar-refractivity contribution >= 4 is 6.09 Å². The molecule has 1 aromatic carbocycles. The average molecular weight is 333 g/mol. The number of rotatable bonds is 4. The highest BCUT2D eigenvalue weighted by atomic mass is 19.3. The van der Waals surface area contributed by atoms with Crippen molar-refractivity contribution in [2.75, 3.05) is 13.1 Å². The van der Waals surface area contributed by atoms with Gasteiger partial charge in [0, 0.05) is 18.2 Å². The number of benzene rings is 1. The maximum Gasteiger partial charge on any atom is 0.410 e. The summed E-state index contributed by atoms with van der Waals surface area (Å²) in [6, 6.07) is 3.08. The van der Waals surface area contributed by atoms with Crippen LogP contribution in [0.5, 0.6) is 11.5 Å². The molecule has 1 heterocycles. The molecule has 1 amide bonds. The van der Waals surface area contributed by atoms with Crippen LogP contribution in [0.2, 0.25) is 0 Å². The Morgan fingerprint density at radius 2 is 1.83 bits per heavy atom. The van der Waals surface area contributed by atoms with Crippen LogP contribution >= 0.6 is 0 Å². The number of nitrogens with zero attached hydrogens (tertiary/aromatic N) is 1. The number of ether oxygens (including phenoxy) is 3. The highest BCUT2D eigenvalue weighted by Gasteiger charge is 2.35. The standard InChI is InChI=1S/C15H18F3NO4/c1-15(2,3)23-14(20)19-7-12(8-19)21-10-4-9(16)5-11(6-10)22-13(17)18/h4-6,12-13H,7-8H2,1-3H3. The first-order chi connectivity index (χ1) is 10.6. The first-order valence-electron chi connectivity index (χ1n) is 7.02. The maximum atomic E-state index is 13.4. The monoisotopic (exact) mass is 333 g/mol. The van der Waals surface area contributed by atoms with E-state index in [9.17, 15) is 18.0 Å². The lowest BCUT2D eigenvalue weighted by molar-refractivity contribution is -0.0505. The zero-order valence-corrected chi connectivity index (χ0v) is 13.0. The summed E-state index contributed by atoms with van der Waals surface area (Å²) in [6.07, 6.45) is -0.818. The summed E-state index contributed by atoms with van der Waals surface area (Å²) in [5, 5.41) is 0. The van der Waals surface area contributed by atoms with Crippen LogP contribution in [0.1, 0.15) is 20.8 Å². The van der Waals surface area contributed by atoms with Crippen LogP contribution in [0.3, 0.4) is 0 Å². The SMILES string of the molecule is CC(C)(C)OC(=O)N1CC(Oc2cc(F)cc(OC(F)F)c2)C1. The van der Waals surface area contributed by atoms with E-state index >= 15 is 0 Å². The minimum atomic E-state index is -3.05. The summed E-state index contributed by atoms with van der Waals surface area (Å²) in [7, 11) is 0. The largest absolute Gasteiger partial charge is 0.486 e. The molecule has 0 aliphatic carbocycles. The quantitative estimate of drug-likeness (QED) is 0.847. The summed E-state index contributed by atoms with van der Waals surface area (Å²) in [4.78, 5) is 13.2. The number of halogens is 3. The van der Waals surface area contributed by atoms with Crippen molar-refractivity contribution in [3.8, 4) is 11.5 Å². The molecule has 1 aliphatic heterocycles. The molecule has 5 nitrogen and oxygen atoms in total. The Balaban J connectivity index is 1.88. The molecule has 0 N–H and O–H groups in total. The van der Waals surface area contributed by atoms with Gasteiger partial charge < -0.3 is 19.1 Å². The first kappa shape index (κ1) is 17.2. The minimum Gasteiger partial charge on any atom is -0.486 e.